The van der Waals surface area contributed by atoms with Crippen LogP contribution in [0.2, 0.25) is 5.02 Å². The third kappa shape index (κ3) is 2.45. The van der Waals surface area contributed by atoms with Gasteiger partial charge >= 0.3 is 0 Å². The number of nitrogens with two attached hydrogens (primary N) is 1. The summed E-state index contributed by atoms with van der Waals surface area (Å²) in [7, 11) is 0. The van der Waals surface area contributed by atoms with Crippen LogP contribution in [0.4, 0.5) is 11.5 Å². The minimum Gasteiger partial charge on any atom is -0.382 e. The van der Waals surface area contributed by atoms with Crippen molar-refractivity contribution in [2.24, 2.45) is 0 Å². The van der Waals surface area contributed by atoms with Crippen molar-refractivity contribution in [1.29, 1.82) is 0 Å². The monoisotopic (exact) mass is 303 g/mol. The van der Waals surface area contributed by atoms with Crippen LogP contribution in [0, 0.1) is 0 Å². The molecule has 0 aliphatic heterocycles. The maximum atomic E-state index is 12.1. The number of pyridine rings is 1. The Morgan fingerprint density at radius 1 is 1.30 bits per heavy atom. The van der Waals surface area contributed by atoms with Crippen LogP contribution in [0.25, 0.3) is 10.1 Å². The fourth-order valence-electron chi connectivity index (χ4n) is 1.82. The van der Waals surface area contributed by atoms with E-state index in [9.17, 15) is 4.79 Å². The number of thiophene rings is 1. The van der Waals surface area contributed by atoms with E-state index >= 15 is 0 Å². The summed E-state index contributed by atoms with van der Waals surface area (Å²) in [6.45, 7) is 0. The molecule has 0 radical (unpaired) electrons. The normalized spacial score (nSPS) is 10.7. The van der Waals surface area contributed by atoms with Gasteiger partial charge in [-0.3, -0.25) is 4.79 Å². The number of nitrogens with one attached hydrogen (secondary N) is 1. The van der Waals surface area contributed by atoms with Gasteiger partial charge in [0.15, 0.2) is 0 Å². The van der Waals surface area contributed by atoms with Gasteiger partial charge in [0.2, 0.25) is 0 Å². The van der Waals surface area contributed by atoms with Crippen molar-refractivity contribution in [3.05, 3.63) is 52.5 Å². The number of aromatic nitrogens is 1. The Kier molecular flexibility index (Phi) is 3.30. The predicted octanol–water partition coefficient (Wildman–Crippen LogP) is 3.78. The number of nitrogens with zero attached hydrogens (tertiary/aromatic N) is 1. The summed E-state index contributed by atoms with van der Waals surface area (Å²) >= 11 is 7.52. The van der Waals surface area contributed by atoms with Gasteiger partial charge in [0.1, 0.15) is 5.82 Å². The molecular weight excluding hydrogens is 294 g/mol. The van der Waals surface area contributed by atoms with Gasteiger partial charge in [-0.25, -0.2) is 4.98 Å². The summed E-state index contributed by atoms with van der Waals surface area (Å²) in [5.41, 5.74) is 6.62. The topological polar surface area (TPSA) is 68.0 Å². The summed E-state index contributed by atoms with van der Waals surface area (Å²) in [6, 6.07) is 9.28. The van der Waals surface area contributed by atoms with Gasteiger partial charge in [0.05, 0.1) is 10.6 Å². The van der Waals surface area contributed by atoms with Crippen molar-refractivity contribution in [2.45, 2.75) is 0 Å². The first-order valence-electron chi connectivity index (χ1n) is 5.83. The maximum Gasteiger partial charge on any atom is 0.257 e. The molecule has 4 nitrogen and oxygen atoms in total. The highest BCUT2D eigenvalue weighted by molar-refractivity contribution is 7.17. The molecule has 0 saturated carbocycles. The zero-order chi connectivity index (χ0) is 14.1. The lowest BCUT2D eigenvalue weighted by Crippen LogP contribution is -2.12. The van der Waals surface area contributed by atoms with Crippen LogP contribution >= 0.6 is 22.9 Å². The summed E-state index contributed by atoms with van der Waals surface area (Å²) < 4.78 is 1.18. The number of nitrogen functional groups attached to an aromatic ring is 1. The lowest BCUT2D eigenvalue weighted by molar-refractivity contribution is 0.102. The number of hydrogen-bond acceptors (Lipinski definition) is 4. The molecule has 1 amide bonds. The number of rotatable bonds is 2. The molecule has 0 saturated heterocycles. The highest BCUT2D eigenvalue weighted by atomic mass is 35.5. The van der Waals surface area contributed by atoms with Crippen LogP contribution in [0.15, 0.2) is 41.9 Å². The molecule has 2 aromatic heterocycles. The van der Waals surface area contributed by atoms with Gasteiger partial charge in [-0.2, -0.15) is 0 Å². The first kappa shape index (κ1) is 12.9. The average Bonchev–Trinajstić information content (AvgIpc) is 2.89. The molecule has 3 aromatic rings. The number of anilines is 2. The SMILES string of the molecule is Nc1ncc(C(=O)Nc2ccc3sccc3c2)cc1Cl. The highest BCUT2D eigenvalue weighted by Crippen LogP contribution is 2.24. The van der Waals surface area contributed by atoms with E-state index in [2.05, 4.69) is 10.3 Å². The zero-order valence-corrected chi connectivity index (χ0v) is 11.8. The number of halogens is 1. The van der Waals surface area contributed by atoms with E-state index in [1.165, 1.54) is 17.0 Å². The molecule has 20 heavy (non-hydrogen) atoms. The molecule has 100 valence electrons. The molecule has 0 unspecified atom stereocenters. The quantitative estimate of drug-likeness (QED) is 0.757. The molecule has 6 heteroatoms. The lowest BCUT2D eigenvalue weighted by Gasteiger charge is -2.06. The Labute approximate surface area is 124 Å². The van der Waals surface area contributed by atoms with Gasteiger partial charge in [-0.05, 0) is 41.1 Å². The average molecular weight is 304 g/mol. The number of benzene rings is 1. The molecule has 0 atom stereocenters. The Bertz CT molecular complexity index is 800. The van der Waals surface area contributed by atoms with Crippen molar-refractivity contribution in [2.75, 3.05) is 11.1 Å². The number of carbonyl (C=O) groups excluding carboxylic acids is 1. The van der Waals surface area contributed by atoms with Gasteiger partial charge in [0.25, 0.3) is 5.91 Å². The Hall–Kier alpha value is -2.11. The molecule has 0 aliphatic rings. The van der Waals surface area contributed by atoms with Gasteiger partial charge in [0, 0.05) is 16.6 Å². The number of carbonyl (C=O) groups is 1. The zero-order valence-electron chi connectivity index (χ0n) is 10.3. The molecular formula is C14H10ClN3OS. The van der Waals surface area contributed by atoms with Gasteiger partial charge in [-0.1, -0.05) is 11.6 Å². The smallest absolute Gasteiger partial charge is 0.257 e. The predicted molar refractivity (Wildman–Crippen MR) is 83.4 cm³/mol. The third-order valence-corrected chi connectivity index (χ3v) is 4.04. The van der Waals surface area contributed by atoms with Crippen molar-refractivity contribution in [3.8, 4) is 0 Å². The number of hydrogen-bond donors (Lipinski definition) is 2. The third-order valence-electron chi connectivity index (χ3n) is 2.84. The molecule has 0 spiro atoms. The fraction of sp³-hybridized carbons (Fsp3) is 0. The Balaban J connectivity index is 1.85. The van der Waals surface area contributed by atoms with Gasteiger partial charge in [-0.15, -0.1) is 11.3 Å². The minimum atomic E-state index is -0.269. The van der Waals surface area contributed by atoms with E-state index in [4.69, 9.17) is 17.3 Å². The van der Waals surface area contributed by atoms with E-state index in [1.54, 1.807) is 11.3 Å². The van der Waals surface area contributed by atoms with Crippen LogP contribution in [0.5, 0.6) is 0 Å². The first-order valence-corrected chi connectivity index (χ1v) is 7.09. The molecule has 1 aromatic carbocycles. The van der Waals surface area contributed by atoms with Crippen LogP contribution in [-0.2, 0) is 0 Å². The minimum absolute atomic E-state index is 0.211. The van der Waals surface area contributed by atoms with Gasteiger partial charge < -0.3 is 11.1 Å². The van der Waals surface area contributed by atoms with E-state index in [1.807, 2.05) is 29.6 Å². The van der Waals surface area contributed by atoms with Crippen LogP contribution in [-0.4, -0.2) is 10.9 Å². The van der Waals surface area contributed by atoms with Crippen molar-refractivity contribution >= 4 is 50.4 Å². The summed E-state index contributed by atoms with van der Waals surface area (Å²) in [6.07, 6.45) is 1.40. The lowest BCUT2D eigenvalue weighted by atomic mass is 10.2. The second kappa shape index (κ2) is 5.11. The van der Waals surface area contributed by atoms with Crippen LogP contribution in [0.3, 0.4) is 0 Å². The van der Waals surface area contributed by atoms with Crippen LogP contribution < -0.4 is 11.1 Å². The van der Waals surface area contributed by atoms with Crippen molar-refractivity contribution < 1.29 is 4.79 Å². The molecule has 0 aliphatic carbocycles. The van der Waals surface area contributed by atoms with E-state index in [0.29, 0.717) is 5.56 Å². The second-order valence-corrected chi connectivity index (χ2v) is 5.57. The van der Waals surface area contributed by atoms with E-state index in [-0.39, 0.29) is 16.7 Å². The maximum absolute atomic E-state index is 12.1. The summed E-state index contributed by atoms with van der Waals surface area (Å²) in [5.74, 6) is -0.0584. The summed E-state index contributed by atoms with van der Waals surface area (Å²) in [4.78, 5) is 16.0. The molecule has 3 N–H and O–H groups in total. The molecule has 0 fully saturated rings. The number of fused-ring (bicyclic) bond motifs is 1. The van der Waals surface area contributed by atoms with Crippen molar-refractivity contribution in [3.63, 3.8) is 0 Å². The largest absolute Gasteiger partial charge is 0.382 e. The highest BCUT2D eigenvalue weighted by Gasteiger charge is 2.09. The molecule has 2 heterocycles. The first-order chi connectivity index (χ1) is 9.63. The Morgan fingerprint density at radius 3 is 2.95 bits per heavy atom. The number of amides is 1. The standard InChI is InChI=1S/C14H10ClN3OS/c15-11-6-9(7-17-13(11)16)14(19)18-10-1-2-12-8(5-10)3-4-20-12/h1-7H,(H2,16,17)(H,18,19). The van der Waals surface area contributed by atoms with Crippen LogP contribution in [0.1, 0.15) is 10.4 Å². The van der Waals surface area contributed by atoms with E-state index < -0.39 is 0 Å². The Morgan fingerprint density at radius 2 is 2.15 bits per heavy atom. The van der Waals surface area contributed by atoms with Crippen molar-refractivity contribution in [1.82, 2.24) is 4.98 Å². The summed E-state index contributed by atoms with van der Waals surface area (Å²) in [5, 5.41) is 6.19. The van der Waals surface area contributed by atoms with E-state index in [0.717, 1.165) is 11.1 Å². The second-order valence-electron chi connectivity index (χ2n) is 4.22. The molecule has 3 rings (SSSR count). The fourth-order valence-corrected chi connectivity index (χ4v) is 2.76. The molecule has 0 bridgehead atoms.